The van der Waals surface area contributed by atoms with Crippen LogP contribution in [0.5, 0.6) is 0 Å². The van der Waals surface area contributed by atoms with Crippen molar-refractivity contribution in [2.45, 2.75) is 75.9 Å². The number of carbonyl (C=O) groups excluding carboxylic acids is 1. The number of esters is 1. The Labute approximate surface area is 121 Å². The van der Waals surface area contributed by atoms with Gasteiger partial charge in [-0.15, -0.1) is 0 Å². The molecule has 1 aliphatic heterocycles. The lowest BCUT2D eigenvalue weighted by Crippen LogP contribution is -2.53. The molecule has 112 valence electrons. The van der Waals surface area contributed by atoms with Crippen LogP contribution < -0.4 is 0 Å². The number of hydrogen-bond donors (Lipinski definition) is 0. The lowest BCUT2D eigenvalue weighted by atomic mass is 9.54. The average molecular weight is 278 g/mol. The molecule has 1 unspecified atom stereocenters. The largest absolute Gasteiger partial charge is 0.459 e. The summed E-state index contributed by atoms with van der Waals surface area (Å²) in [6.45, 7) is 0.815. The number of carbonyl (C=O) groups is 1. The fraction of sp³-hybridized carbons (Fsp3) is 0.941. The zero-order chi connectivity index (χ0) is 13.6. The predicted octanol–water partition coefficient (Wildman–Crippen LogP) is 3.46. The molecule has 0 aromatic rings. The molecular weight excluding hydrogens is 252 g/mol. The van der Waals surface area contributed by atoms with Gasteiger partial charge in [0.25, 0.3) is 0 Å². The van der Waals surface area contributed by atoms with Crippen molar-refractivity contribution in [2.75, 3.05) is 6.61 Å². The summed E-state index contributed by atoms with van der Waals surface area (Å²) in [6, 6.07) is 0. The Hall–Kier alpha value is -0.570. The van der Waals surface area contributed by atoms with E-state index in [1.165, 1.54) is 25.7 Å². The van der Waals surface area contributed by atoms with Crippen LogP contribution in [0, 0.1) is 17.8 Å². The Morgan fingerprint density at radius 2 is 1.70 bits per heavy atom. The third-order valence-electron chi connectivity index (χ3n) is 5.98. The molecule has 0 aromatic carbocycles. The maximum absolute atomic E-state index is 12.3. The third kappa shape index (κ3) is 2.49. The van der Waals surface area contributed by atoms with E-state index in [1.54, 1.807) is 0 Å². The first-order valence-electron chi connectivity index (χ1n) is 8.54. The number of hydrogen-bond acceptors (Lipinski definition) is 3. The van der Waals surface area contributed by atoms with Gasteiger partial charge in [-0.2, -0.15) is 0 Å². The van der Waals surface area contributed by atoms with Crippen molar-refractivity contribution in [3.05, 3.63) is 0 Å². The maximum atomic E-state index is 12.3. The topological polar surface area (TPSA) is 35.5 Å². The Bertz CT molecular complexity index is 348. The molecule has 5 rings (SSSR count). The zero-order valence-electron chi connectivity index (χ0n) is 12.3. The molecule has 3 nitrogen and oxygen atoms in total. The second-order valence-corrected chi connectivity index (χ2v) is 7.77. The smallest absolute Gasteiger partial charge is 0.308 e. The summed E-state index contributed by atoms with van der Waals surface area (Å²) in [7, 11) is 0. The first-order valence-corrected chi connectivity index (χ1v) is 8.54. The van der Waals surface area contributed by atoms with Crippen molar-refractivity contribution in [3.8, 4) is 0 Å². The molecule has 20 heavy (non-hydrogen) atoms. The van der Waals surface area contributed by atoms with Gasteiger partial charge in [-0.25, -0.2) is 0 Å². The highest BCUT2D eigenvalue weighted by molar-refractivity contribution is 5.70. The Morgan fingerprint density at radius 3 is 2.25 bits per heavy atom. The molecule has 0 N–H and O–H groups in total. The van der Waals surface area contributed by atoms with Gasteiger partial charge in [-0.1, -0.05) is 0 Å². The van der Waals surface area contributed by atoms with Crippen LogP contribution in [0.1, 0.15) is 64.2 Å². The second kappa shape index (κ2) is 5.01. The van der Waals surface area contributed by atoms with Gasteiger partial charge in [0.05, 0.1) is 12.5 Å². The van der Waals surface area contributed by atoms with Crippen LogP contribution in [0.25, 0.3) is 0 Å². The van der Waals surface area contributed by atoms with Crippen molar-refractivity contribution >= 4 is 5.97 Å². The highest BCUT2D eigenvalue weighted by atomic mass is 16.6. The second-order valence-electron chi connectivity index (χ2n) is 7.77. The van der Waals surface area contributed by atoms with E-state index in [1.807, 2.05) is 0 Å². The Kier molecular flexibility index (Phi) is 3.29. The first-order chi connectivity index (χ1) is 9.71. The molecule has 3 heteroatoms. The van der Waals surface area contributed by atoms with Crippen molar-refractivity contribution in [1.82, 2.24) is 0 Å². The van der Waals surface area contributed by atoms with Gasteiger partial charge in [-0.3, -0.25) is 4.79 Å². The molecule has 1 heterocycles. The minimum atomic E-state index is -0.0828. The lowest BCUT2D eigenvalue weighted by Gasteiger charge is -2.55. The normalized spacial score (nSPS) is 46.4. The fourth-order valence-electron chi connectivity index (χ4n) is 5.59. The number of ether oxygens (including phenoxy) is 2. The van der Waals surface area contributed by atoms with E-state index in [4.69, 9.17) is 9.47 Å². The minimum absolute atomic E-state index is 0.00106. The van der Waals surface area contributed by atoms with Crippen LogP contribution in [0.4, 0.5) is 0 Å². The summed E-state index contributed by atoms with van der Waals surface area (Å²) in [6.07, 6.45) is 11.5. The molecular formula is C17H26O3. The van der Waals surface area contributed by atoms with Gasteiger partial charge >= 0.3 is 5.97 Å². The van der Waals surface area contributed by atoms with Crippen LogP contribution >= 0.6 is 0 Å². The quantitative estimate of drug-likeness (QED) is 0.742. The summed E-state index contributed by atoms with van der Waals surface area (Å²) < 4.78 is 11.7. The van der Waals surface area contributed by atoms with E-state index >= 15 is 0 Å². The summed E-state index contributed by atoms with van der Waals surface area (Å²) in [5.74, 6) is 2.50. The van der Waals surface area contributed by atoms with Gasteiger partial charge in [-0.05, 0) is 75.5 Å². The SMILES string of the molecule is O=C(CC1CCCCO1)OC12CC3CC(CC(C3)C1)C2. The van der Waals surface area contributed by atoms with Gasteiger partial charge in [0.1, 0.15) is 5.60 Å². The van der Waals surface area contributed by atoms with Crippen molar-refractivity contribution in [1.29, 1.82) is 0 Å². The van der Waals surface area contributed by atoms with Gasteiger partial charge in [0.2, 0.25) is 0 Å². The van der Waals surface area contributed by atoms with Gasteiger partial charge in [0, 0.05) is 6.61 Å². The minimum Gasteiger partial charge on any atom is -0.459 e. The van der Waals surface area contributed by atoms with E-state index < -0.39 is 0 Å². The van der Waals surface area contributed by atoms with Crippen LogP contribution in [0.3, 0.4) is 0 Å². The third-order valence-corrected chi connectivity index (χ3v) is 5.98. The fourth-order valence-corrected chi connectivity index (χ4v) is 5.59. The molecule has 0 amide bonds. The van der Waals surface area contributed by atoms with Crippen molar-refractivity contribution in [2.24, 2.45) is 17.8 Å². The molecule has 4 aliphatic carbocycles. The Balaban J connectivity index is 1.37. The molecule has 5 aliphatic rings. The summed E-state index contributed by atoms with van der Waals surface area (Å²) >= 11 is 0. The average Bonchev–Trinajstić information content (AvgIpc) is 2.37. The standard InChI is InChI=1S/C17H26O3/c18-16(8-15-3-1-2-4-19-15)20-17-9-12-5-13(10-17)7-14(6-12)11-17/h12-15H,1-11H2. The van der Waals surface area contributed by atoms with Crippen LogP contribution in [-0.4, -0.2) is 24.3 Å². The molecule has 0 aromatic heterocycles. The predicted molar refractivity (Wildman–Crippen MR) is 75.2 cm³/mol. The van der Waals surface area contributed by atoms with E-state index in [9.17, 15) is 4.79 Å². The lowest BCUT2D eigenvalue weighted by molar-refractivity contribution is -0.189. The highest BCUT2D eigenvalue weighted by Crippen LogP contribution is 2.57. The molecule has 1 atom stereocenters. The number of rotatable bonds is 3. The van der Waals surface area contributed by atoms with Gasteiger partial charge < -0.3 is 9.47 Å². The molecule has 0 spiro atoms. The summed E-state index contributed by atoms with van der Waals surface area (Å²) in [5.41, 5.74) is -0.0828. The summed E-state index contributed by atoms with van der Waals surface area (Å²) in [4.78, 5) is 12.3. The monoisotopic (exact) mass is 278 g/mol. The van der Waals surface area contributed by atoms with Crippen LogP contribution in [-0.2, 0) is 14.3 Å². The van der Waals surface area contributed by atoms with E-state index in [0.29, 0.717) is 6.42 Å². The highest BCUT2D eigenvalue weighted by Gasteiger charge is 2.53. The van der Waals surface area contributed by atoms with Crippen LogP contribution in [0.15, 0.2) is 0 Å². The zero-order valence-corrected chi connectivity index (χ0v) is 12.3. The van der Waals surface area contributed by atoms with E-state index in [-0.39, 0.29) is 17.7 Å². The van der Waals surface area contributed by atoms with E-state index in [2.05, 4.69) is 0 Å². The molecule has 0 radical (unpaired) electrons. The molecule has 5 fully saturated rings. The molecule has 1 saturated heterocycles. The van der Waals surface area contributed by atoms with Crippen molar-refractivity contribution < 1.29 is 14.3 Å². The Morgan fingerprint density at radius 1 is 1.05 bits per heavy atom. The summed E-state index contributed by atoms with van der Waals surface area (Å²) in [5, 5.41) is 0. The molecule has 4 bridgehead atoms. The van der Waals surface area contributed by atoms with Crippen molar-refractivity contribution in [3.63, 3.8) is 0 Å². The first kappa shape index (κ1) is 13.1. The maximum Gasteiger partial charge on any atom is 0.308 e. The van der Waals surface area contributed by atoms with Gasteiger partial charge in [0.15, 0.2) is 0 Å². The van der Waals surface area contributed by atoms with Crippen LogP contribution in [0.2, 0.25) is 0 Å². The molecule has 4 saturated carbocycles. The van der Waals surface area contributed by atoms with E-state index in [0.717, 1.165) is 56.5 Å².